The lowest BCUT2D eigenvalue weighted by Gasteiger charge is -2.08. The van der Waals surface area contributed by atoms with Crippen molar-refractivity contribution in [3.8, 4) is 16.3 Å². The van der Waals surface area contributed by atoms with E-state index in [9.17, 15) is 4.79 Å². The van der Waals surface area contributed by atoms with Gasteiger partial charge in [-0.25, -0.2) is 0 Å². The van der Waals surface area contributed by atoms with Crippen LogP contribution in [0.3, 0.4) is 0 Å². The van der Waals surface area contributed by atoms with Crippen LogP contribution in [0.25, 0.3) is 21.5 Å². The number of nitrogens with one attached hydrogen (secondary N) is 2. The van der Waals surface area contributed by atoms with Crippen molar-refractivity contribution in [1.29, 1.82) is 0 Å². The molecule has 0 saturated heterocycles. The van der Waals surface area contributed by atoms with E-state index < -0.39 is 0 Å². The molecule has 0 unspecified atom stereocenters. The maximum atomic E-state index is 11.4. The number of fused-ring (bicyclic) bond motifs is 1. The minimum absolute atomic E-state index is 0.0972. The van der Waals surface area contributed by atoms with Gasteiger partial charge in [-0.05, 0) is 36.8 Å². The molecular formula is C19H16ClN5O2S. The van der Waals surface area contributed by atoms with E-state index >= 15 is 0 Å². The van der Waals surface area contributed by atoms with E-state index in [1.54, 1.807) is 20.2 Å². The number of anilines is 2. The van der Waals surface area contributed by atoms with Crippen molar-refractivity contribution in [1.82, 2.24) is 20.4 Å². The molecule has 0 atom stereocenters. The van der Waals surface area contributed by atoms with E-state index in [1.165, 1.54) is 11.3 Å². The van der Waals surface area contributed by atoms with Gasteiger partial charge in [0, 0.05) is 11.8 Å². The lowest BCUT2D eigenvalue weighted by molar-refractivity contribution is -0.116. The molecule has 0 spiro atoms. The largest absolute Gasteiger partial charge is 0.496 e. The van der Waals surface area contributed by atoms with Crippen LogP contribution in [-0.4, -0.2) is 33.3 Å². The number of aromatic nitrogens is 4. The number of ketones is 1. The van der Waals surface area contributed by atoms with Gasteiger partial charge in [0.2, 0.25) is 5.13 Å². The number of methoxy groups -OCH3 is 1. The van der Waals surface area contributed by atoms with Crippen LogP contribution in [0.5, 0.6) is 5.75 Å². The summed E-state index contributed by atoms with van der Waals surface area (Å²) in [4.78, 5) is 11.4. The average molecular weight is 414 g/mol. The zero-order chi connectivity index (χ0) is 19.7. The number of benzene rings is 2. The van der Waals surface area contributed by atoms with Gasteiger partial charge in [-0.3, -0.25) is 9.89 Å². The Kier molecular flexibility index (Phi) is 4.97. The van der Waals surface area contributed by atoms with Crippen LogP contribution in [0, 0.1) is 0 Å². The minimum Gasteiger partial charge on any atom is -0.496 e. The van der Waals surface area contributed by atoms with E-state index in [-0.39, 0.29) is 5.78 Å². The number of nitrogens with zero attached hydrogens (tertiary/aromatic N) is 3. The Morgan fingerprint density at radius 1 is 1.29 bits per heavy atom. The first-order valence-corrected chi connectivity index (χ1v) is 9.63. The Labute approximate surface area is 169 Å². The molecule has 0 fully saturated rings. The standard InChI is InChI=1S/C19H16ClN5O2S/c1-10(26)7-11-3-6-16(27-2)12(8-11)18-24-25-19(28-18)22-15-5-4-14-13(17(15)20)9-21-23-14/h3-6,8-9H,7H2,1-2H3,(H,21,23)(H,22,25). The second-order valence-electron chi connectivity index (χ2n) is 6.21. The van der Waals surface area contributed by atoms with E-state index in [0.29, 0.717) is 27.3 Å². The van der Waals surface area contributed by atoms with Crippen LogP contribution in [-0.2, 0) is 11.2 Å². The van der Waals surface area contributed by atoms with Crippen LogP contribution in [0.1, 0.15) is 12.5 Å². The number of aromatic amines is 1. The molecule has 2 heterocycles. The molecule has 0 aliphatic carbocycles. The third-order valence-electron chi connectivity index (χ3n) is 4.17. The predicted molar refractivity (Wildman–Crippen MR) is 111 cm³/mol. The average Bonchev–Trinajstić information content (AvgIpc) is 3.33. The zero-order valence-corrected chi connectivity index (χ0v) is 16.7. The smallest absolute Gasteiger partial charge is 0.210 e. The molecule has 0 amide bonds. The quantitative estimate of drug-likeness (QED) is 0.479. The molecule has 0 bridgehead atoms. The number of hydrogen-bond acceptors (Lipinski definition) is 7. The van der Waals surface area contributed by atoms with Crippen LogP contribution in [0.15, 0.2) is 36.5 Å². The van der Waals surface area contributed by atoms with Crippen molar-refractivity contribution in [2.45, 2.75) is 13.3 Å². The molecule has 0 radical (unpaired) electrons. The Bertz CT molecular complexity index is 1170. The Morgan fingerprint density at radius 3 is 2.93 bits per heavy atom. The zero-order valence-electron chi connectivity index (χ0n) is 15.1. The first kappa shape index (κ1) is 18.4. The molecule has 9 heteroatoms. The summed E-state index contributed by atoms with van der Waals surface area (Å²) in [6, 6.07) is 9.38. The SMILES string of the molecule is COc1ccc(CC(C)=O)cc1-c1nnc(Nc2ccc3[nH]ncc3c2Cl)s1. The molecule has 4 aromatic rings. The van der Waals surface area contributed by atoms with E-state index in [2.05, 4.69) is 25.7 Å². The molecule has 2 aromatic carbocycles. The van der Waals surface area contributed by atoms with Crippen molar-refractivity contribution in [3.63, 3.8) is 0 Å². The van der Waals surface area contributed by atoms with E-state index in [4.69, 9.17) is 16.3 Å². The summed E-state index contributed by atoms with van der Waals surface area (Å²) in [6.45, 7) is 1.57. The van der Waals surface area contributed by atoms with Crippen LogP contribution < -0.4 is 10.1 Å². The topological polar surface area (TPSA) is 92.8 Å². The number of ether oxygens (including phenoxy) is 1. The molecule has 2 N–H and O–H groups in total. The third-order valence-corrected chi connectivity index (χ3v) is 5.45. The number of rotatable bonds is 6. The highest BCUT2D eigenvalue weighted by atomic mass is 35.5. The summed E-state index contributed by atoms with van der Waals surface area (Å²) in [6.07, 6.45) is 2.04. The molecule has 142 valence electrons. The lowest BCUT2D eigenvalue weighted by atomic mass is 10.1. The molecule has 0 saturated carbocycles. The monoisotopic (exact) mass is 413 g/mol. The summed E-state index contributed by atoms with van der Waals surface area (Å²) in [7, 11) is 1.60. The van der Waals surface area contributed by atoms with Gasteiger partial charge >= 0.3 is 0 Å². The van der Waals surface area contributed by atoms with Gasteiger partial charge in [0.15, 0.2) is 5.01 Å². The van der Waals surface area contributed by atoms with Gasteiger partial charge < -0.3 is 10.1 Å². The number of H-pyrrole nitrogens is 1. The van der Waals surface area contributed by atoms with Crippen molar-refractivity contribution >= 4 is 50.4 Å². The van der Waals surface area contributed by atoms with Crippen molar-refractivity contribution < 1.29 is 9.53 Å². The second kappa shape index (κ2) is 7.57. The lowest BCUT2D eigenvalue weighted by Crippen LogP contribution is -1.97. The molecule has 0 aliphatic rings. The van der Waals surface area contributed by atoms with Gasteiger partial charge in [-0.15, -0.1) is 10.2 Å². The number of Topliss-reactive ketones (excluding diaryl/α,β-unsaturated/α-hetero) is 1. The molecular weight excluding hydrogens is 398 g/mol. The van der Waals surface area contributed by atoms with Gasteiger partial charge in [0.1, 0.15) is 11.5 Å². The highest BCUT2D eigenvalue weighted by molar-refractivity contribution is 7.18. The molecule has 28 heavy (non-hydrogen) atoms. The molecule has 0 aliphatic heterocycles. The highest BCUT2D eigenvalue weighted by Crippen LogP contribution is 2.37. The summed E-state index contributed by atoms with van der Waals surface area (Å²) in [5.41, 5.74) is 3.28. The van der Waals surface area contributed by atoms with Crippen LogP contribution in [0.2, 0.25) is 5.02 Å². The van der Waals surface area contributed by atoms with Gasteiger partial charge in [0.25, 0.3) is 0 Å². The van der Waals surface area contributed by atoms with Gasteiger partial charge in [-0.2, -0.15) is 5.10 Å². The van der Waals surface area contributed by atoms with Gasteiger partial charge in [0.05, 0.1) is 35.1 Å². The van der Waals surface area contributed by atoms with Crippen LogP contribution >= 0.6 is 22.9 Å². The predicted octanol–water partition coefficient (Wildman–Crippen LogP) is 4.62. The third kappa shape index (κ3) is 3.56. The molecule has 7 nitrogen and oxygen atoms in total. The van der Waals surface area contributed by atoms with E-state index in [1.807, 2.05) is 30.3 Å². The summed E-state index contributed by atoms with van der Waals surface area (Å²) in [5.74, 6) is 0.771. The van der Waals surface area contributed by atoms with Crippen LogP contribution in [0.4, 0.5) is 10.8 Å². The fourth-order valence-electron chi connectivity index (χ4n) is 2.90. The fourth-order valence-corrected chi connectivity index (χ4v) is 3.93. The Morgan fingerprint density at radius 2 is 2.14 bits per heavy atom. The van der Waals surface area contributed by atoms with Crippen molar-refractivity contribution in [2.24, 2.45) is 0 Å². The normalized spacial score (nSPS) is 11.0. The second-order valence-corrected chi connectivity index (χ2v) is 7.56. The molecule has 4 rings (SSSR count). The number of halogens is 1. The van der Waals surface area contributed by atoms with Crippen molar-refractivity contribution in [2.75, 3.05) is 12.4 Å². The Balaban J connectivity index is 1.65. The number of hydrogen-bond donors (Lipinski definition) is 2. The maximum absolute atomic E-state index is 11.4. The summed E-state index contributed by atoms with van der Waals surface area (Å²) in [5, 5.41) is 21.2. The summed E-state index contributed by atoms with van der Waals surface area (Å²) < 4.78 is 5.45. The maximum Gasteiger partial charge on any atom is 0.210 e. The van der Waals surface area contributed by atoms with E-state index in [0.717, 1.165) is 27.7 Å². The first-order chi connectivity index (χ1) is 13.5. The van der Waals surface area contributed by atoms with Crippen molar-refractivity contribution in [3.05, 3.63) is 47.1 Å². The van der Waals surface area contributed by atoms with Gasteiger partial charge in [-0.1, -0.05) is 29.0 Å². The minimum atomic E-state index is 0.0972. The summed E-state index contributed by atoms with van der Waals surface area (Å²) >= 11 is 7.83. The Hall–Kier alpha value is -2.97. The first-order valence-electron chi connectivity index (χ1n) is 8.44. The number of carbonyl (C=O) groups is 1. The highest BCUT2D eigenvalue weighted by Gasteiger charge is 2.15. The fraction of sp³-hybridized carbons (Fsp3) is 0.158. The number of carbonyl (C=O) groups excluding carboxylic acids is 1. The molecule has 2 aromatic heterocycles.